The van der Waals surface area contributed by atoms with Gasteiger partial charge < -0.3 is 5.73 Å². The minimum Gasteiger partial charge on any atom is -0.366 e. The highest BCUT2D eigenvalue weighted by atomic mass is 35.5. The molecule has 3 nitrogen and oxygen atoms in total. The zero-order valence-corrected chi connectivity index (χ0v) is 7.72. The molecular weight excluding hydrogens is 188 g/mol. The smallest absolute Gasteiger partial charge is 0.249 e. The van der Waals surface area contributed by atoms with Crippen molar-refractivity contribution in [1.29, 1.82) is 5.26 Å². The number of nitrogens with two attached hydrogens (primary N) is 1. The predicted molar refractivity (Wildman–Crippen MR) is 49.4 cm³/mol. The Labute approximate surface area is 80.7 Å². The summed E-state index contributed by atoms with van der Waals surface area (Å²) in [5.74, 6) is -0.538. The second-order valence-corrected chi connectivity index (χ2v) is 2.95. The fraction of sp³-hybridized carbons (Fsp3) is 0.111. The topological polar surface area (TPSA) is 66.9 Å². The third kappa shape index (κ3) is 1.63. The molecule has 0 atom stereocenters. The third-order valence-corrected chi connectivity index (χ3v) is 2.26. The number of nitriles is 1. The zero-order chi connectivity index (χ0) is 10.0. The number of hydrogen-bond acceptors (Lipinski definition) is 2. The average Bonchev–Trinajstić information content (AvgIpc) is 2.09. The van der Waals surface area contributed by atoms with Gasteiger partial charge in [0.05, 0.1) is 10.6 Å². The molecule has 0 bridgehead atoms. The lowest BCUT2D eigenvalue weighted by Crippen LogP contribution is -2.12. The molecular formula is C9H7ClN2O. The monoisotopic (exact) mass is 194 g/mol. The van der Waals surface area contributed by atoms with Crippen molar-refractivity contribution in [2.24, 2.45) is 5.73 Å². The number of primary amides is 1. The molecule has 13 heavy (non-hydrogen) atoms. The first kappa shape index (κ1) is 9.56. The molecule has 4 heteroatoms. The Hall–Kier alpha value is -1.53. The van der Waals surface area contributed by atoms with E-state index in [1.165, 1.54) is 12.1 Å². The number of benzene rings is 1. The number of carbonyl (C=O) groups excluding carboxylic acids is 1. The van der Waals surface area contributed by atoms with Gasteiger partial charge in [-0.05, 0) is 24.6 Å². The number of amides is 1. The van der Waals surface area contributed by atoms with Gasteiger partial charge in [0.1, 0.15) is 6.07 Å². The Morgan fingerprint density at radius 3 is 2.69 bits per heavy atom. The van der Waals surface area contributed by atoms with Crippen LogP contribution in [0.2, 0.25) is 5.02 Å². The second kappa shape index (κ2) is 3.46. The van der Waals surface area contributed by atoms with Gasteiger partial charge in [-0.2, -0.15) is 5.26 Å². The first-order valence-corrected chi connectivity index (χ1v) is 3.94. The second-order valence-electron chi connectivity index (χ2n) is 2.58. The van der Waals surface area contributed by atoms with Gasteiger partial charge in [-0.3, -0.25) is 4.79 Å². The van der Waals surface area contributed by atoms with Crippen molar-refractivity contribution >= 4 is 17.5 Å². The minimum absolute atomic E-state index is 0.291. The van der Waals surface area contributed by atoms with Crippen LogP contribution in [0.25, 0.3) is 0 Å². The van der Waals surface area contributed by atoms with Gasteiger partial charge in [-0.25, -0.2) is 0 Å². The summed E-state index contributed by atoms with van der Waals surface area (Å²) >= 11 is 5.81. The molecule has 0 aliphatic rings. The van der Waals surface area contributed by atoms with E-state index in [1.54, 1.807) is 6.92 Å². The van der Waals surface area contributed by atoms with Gasteiger partial charge in [0.25, 0.3) is 0 Å². The van der Waals surface area contributed by atoms with Crippen LogP contribution in [0, 0.1) is 18.3 Å². The molecule has 0 unspecified atom stereocenters. The molecule has 0 saturated carbocycles. The number of nitrogens with zero attached hydrogens (tertiary/aromatic N) is 1. The molecule has 0 aromatic heterocycles. The van der Waals surface area contributed by atoms with E-state index in [0.717, 1.165) is 0 Å². The van der Waals surface area contributed by atoms with Crippen molar-refractivity contribution < 1.29 is 4.79 Å². The van der Waals surface area contributed by atoms with Crippen LogP contribution in [0.1, 0.15) is 21.5 Å². The van der Waals surface area contributed by atoms with Crippen molar-refractivity contribution in [3.8, 4) is 6.07 Å². The van der Waals surface area contributed by atoms with Gasteiger partial charge in [0, 0.05) is 5.56 Å². The first-order chi connectivity index (χ1) is 6.07. The summed E-state index contributed by atoms with van der Waals surface area (Å²) in [6.07, 6.45) is 0. The quantitative estimate of drug-likeness (QED) is 0.738. The summed E-state index contributed by atoms with van der Waals surface area (Å²) in [7, 11) is 0. The lowest BCUT2D eigenvalue weighted by atomic mass is 10.1. The molecule has 0 saturated heterocycles. The van der Waals surface area contributed by atoms with Crippen LogP contribution in [-0.2, 0) is 0 Å². The highest BCUT2D eigenvalue weighted by Crippen LogP contribution is 2.22. The standard InChI is InChI=1S/C9H7ClN2O/c1-5-7(9(12)13)3-2-6(4-11)8(5)10/h2-3H,1H3,(H2,12,13). The molecule has 66 valence electrons. The summed E-state index contributed by atoms with van der Waals surface area (Å²) in [6.45, 7) is 1.66. The van der Waals surface area contributed by atoms with Crippen LogP contribution >= 0.6 is 11.6 Å². The molecule has 0 radical (unpaired) electrons. The van der Waals surface area contributed by atoms with Gasteiger partial charge in [0.15, 0.2) is 0 Å². The van der Waals surface area contributed by atoms with Crippen LogP contribution in [0.4, 0.5) is 0 Å². The van der Waals surface area contributed by atoms with Crippen LogP contribution in [-0.4, -0.2) is 5.91 Å². The Morgan fingerprint density at radius 2 is 2.23 bits per heavy atom. The average molecular weight is 195 g/mol. The maximum atomic E-state index is 10.9. The van der Waals surface area contributed by atoms with Crippen molar-refractivity contribution in [2.75, 3.05) is 0 Å². The van der Waals surface area contributed by atoms with Gasteiger partial charge >= 0.3 is 0 Å². The van der Waals surface area contributed by atoms with Crippen molar-refractivity contribution in [3.05, 3.63) is 33.8 Å². The number of rotatable bonds is 1. The van der Waals surface area contributed by atoms with Gasteiger partial charge in [-0.1, -0.05) is 11.6 Å². The lowest BCUT2D eigenvalue weighted by Gasteiger charge is -2.04. The SMILES string of the molecule is Cc1c(C(N)=O)ccc(C#N)c1Cl. The van der Waals surface area contributed by atoms with Gasteiger partial charge in [0.2, 0.25) is 5.91 Å². The Bertz CT molecular complexity index is 407. The number of carbonyl (C=O) groups is 1. The maximum Gasteiger partial charge on any atom is 0.249 e. The van der Waals surface area contributed by atoms with Crippen molar-refractivity contribution in [2.45, 2.75) is 6.92 Å². The van der Waals surface area contributed by atoms with Crippen molar-refractivity contribution in [1.82, 2.24) is 0 Å². The van der Waals surface area contributed by atoms with Crippen LogP contribution in [0.15, 0.2) is 12.1 Å². The molecule has 1 aromatic rings. The van der Waals surface area contributed by atoms with Crippen molar-refractivity contribution in [3.63, 3.8) is 0 Å². The molecule has 0 aliphatic carbocycles. The minimum atomic E-state index is -0.538. The fourth-order valence-corrected chi connectivity index (χ4v) is 1.25. The molecule has 0 aliphatic heterocycles. The predicted octanol–water partition coefficient (Wildman–Crippen LogP) is 1.62. The Balaban J connectivity index is 3.42. The van der Waals surface area contributed by atoms with E-state index in [0.29, 0.717) is 21.7 Å². The third-order valence-electron chi connectivity index (χ3n) is 1.77. The Kier molecular flexibility index (Phi) is 2.54. The highest BCUT2D eigenvalue weighted by molar-refractivity contribution is 6.33. The molecule has 0 heterocycles. The van der Waals surface area contributed by atoms with Crippen LogP contribution in [0.3, 0.4) is 0 Å². The lowest BCUT2D eigenvalue weighted by molar-refractivity contribution is 0.0999. The normalized spacial score (nSPS) is 9.31. The van der Waals surface area contributed by atoms with E-state index in [9.17, 15) is 4.79 Å². The van der Waals surface area contributed by atoms with E-state index < -0.39 is 5.91 Å². The zero-order valence-electron chi connectivity index (χ0n) is 6.97. The Morgan fingerprint density at radius 1 is 1.62 bits per heavy atom. The number of halogens is 1. The molecule has 1 aromatic carbocycles. The van der Waals surface area contributed by atoms with E-state index in [1.807, 2.05) is 6.07 Å². The van der Waals surface area contributed by atoms with Gasteiger partial charge in [-0.15, -0.1) is 0 Å². The number of hydrogen-bond donors (Lipinski definition) is 1. The summed E-state index contributed by atoms with van der Waals surface area (Å²) in [6, 6.07) is 4.90. The van der Waals surface area contributed by atoms with E-state index in [4.69, 9.17) is 22.6 Å². The highest BCUT2D eigenvalue weighted by Gasteiger charge is 2.10. The van der Waals surface area contributed by atoms with Crippen LogP contribution in [0.5, 0.6) is 0 Å². The summed E-state index contributed by atoms with van der Waals surface area (Å²) in [4.78, 5) is 10.9. The summed E-state index contributed by atoms with van der Waals surface area (Å²) in [5, 5.41) is 8.91. The summed E-state index contributed by atoms with van der Waals surface area (Å²) < 4.78 is 0. The molecule has 1 rings (SSSR count). The maximum absolute atomic E-state index is 10.9. The molecule has 0 fully saturated rings. The van der Waals surface area contributed by atoms with E-state index >= 15 is 0 Å². The fourth-order valence-electron chi connectivity index (χ4n) is 1.04. The molecule has 2 N–H and O–H groups in total. The molecule has 1 amide bonds. The van der Waals surface area contributed by atoms with E-state index in [2.05, 4.69) is 0 Å². The largest absolute Gasteiger partial charge is 0.366 e. The molecule has 0 spiro atoms. The van der Waals surface area contributed by atoms with E-state index in [-0.39, 0.29) is 0 Å². The first-order valence-electron chi connectivity index (χ1n) is 3.57. The summed E-state index contributed by atoms with van der Waals surface area (Å²) in [5.41, 5.74) is 6.35. The van der Waals surface area contributed by atoms with Crippen LogP contribution < -0.4 is 5.73 Å².